The molecule has 3 aromatic rings. The zero-order valence-corrected chi connectivity index (χ0v) is 16.4. The molecule has 0 aliphatic carbocycles. The van der Waals surface area contributed by atoms with Gasteiger partial charge in [-0.15, -0.1) is 10.2 Å². The van der Waals surface area contributed by atoms with Gasteiger partial charge in [-0.1, -0.05) is 11.6 Å². The van der Waals surface area contributed by atoms with Crippen LogP contribution in [0.5, 0.6) is 0 Å². The van der Waals surface area contributed by atoms with Gasteiger partial charge in [-0.2, -0.15) is 10.4 Å². The smallest absolute Gasteiger partial charge is 0.173 e. The fourth-order valence-electron chi connectivity index (χ4n) is 3.74. The highest BCUT2D eigenvalue weighted by atomic mass is 35.5. The van der Waals surface area contributed by atoms with Crippen LogP contribution in [0.4, 0.5) is 10.1 Å². The van der Waals surface area contributed by atoms with Crippen LogP contribution in [0.25, 0.3) is 11.1 Å². The zero-order valence-electron chi connectivity index (χ0n) is 15.6. The lowest BCUT2D eigenvalue weighted by atomic mass is 9.91. The van der Waals surface area contributed by atoms with Crippen molar-refractivity contribution >= 4 is 17.3 Å². The number of aryl methyl sites for hydroxylation is 2. The van der Waals surface area contributed by atoms with E-state index in [0.717, 1.165) is 11.1 Å². The fraction of sp³-hybridized carbons (Fsp3) is 0.368. The minimum atomic E-state index is -1.53. The molecule has 1 fully saturated rings. The maximum atomic E-state index is 15.4. The van der Waals surface area contributed by atoms with Gasteiger partial charge in [0.05, 0.1) is 22.5 Å². The number of hydrogen-bond acceptors (Lipinski definition) is 5. The van der Waals surface area contributed by atoms with Gasteiger partial charge in [0.2, 0.25) is 0 Å². The lowest BCUT2D eigenvalue weighted by Gasteiger charge is -2.37. The number of anilines is 1. The van der Waals surface area contributed by atoms with Gasteiger partial charge < -0.3 is 9.47 Å². The number of aromatic nitrogens is 5. The lowest BCUT2D eigenvalue weighted by Crippen LogP contribution is -2.42. The lowest BCUT2D eigenvalue weighted by molar-refractivity contribution is 0.109. The SMILES string of the molecule is Cn1cc(-c2cc(Cl)c(N3CCC(F)(c4nncn4C)CC3)c(C#N)c2)cn1. The Morgan fingerprint density at radius 3 is 2.54 bits per heavy atom. The molecule has 1 aliphatic heterocycles. The van der Waals surface area contributed by atoms with E-state index >= 15 is 4.39 Å². The van der Waals surface area contributed by atoms with E-state index in [1.165, 1.54) is 6.33 Å². The van der Waals surface area contributed by atoms with Crippen LogP contribution in [-0.2, 0) is 19.8 Å². The summed E-state index contributed by atoms with van der Waals surface area (Å²) in [6.07, 6.45) is 5.61. The minimum Gasteiger partial charge on any atom is -0.369 e. The van der Waals surface area contributed by atoms with E-state index in [2.05, 4.69) is 21.4 Å². The number of benzene rings is 1. The van der Waals surface area contributed by atoms with Crippen LogP contribution in [0.15, 0.2) is 30.9 Å². The van der Waals surface area contributed by atoms with E-state index in [0.29, 0.717) is 35.2 Å². The predicted octanol–water partition coefficient (Wildman–Crippen LogP) is 3.21. The first-order chi connectivity index (χ1) is 13.4. The molecule has 0 N–H and O–H groups in total. The summed E-state index contributed by atoms with van der Waals surface area (Å²) < 4.78 is 18.7. The molecule has 144 valence electrons. The maximum absolute atomic E-state index is 15.4. The van der Waals surface area contributed by atoms with E-state index in [4.69, 9.17) is 11.6 Å². The number of alkyl halides is 1. The number of nitriles is 1. The Kier molecular flexibility index (Phi) is 4.55. The van der Waals surface area contributed by atoms with Gasteiger partial charge in [0.25, 0.3) is 0 Å². The molecule has 28 heavy (non-hydrogen) atoms. The largest absolute Gasteiger partial charge is 0.369 e. The third-order valence-electron chi connectivity index (χ3n) is 5.21. The summed E-state index contributed by atoms with van der Waals surface area (Å²) in [5, 5.41) is 22.1. The van der Waals surface area contributed by atoms with Crippen LogP contribution in [0.2, 0.25) is 5.02 Å². The van der Waals surface area contributed by atoms with Gasteiger partial charge in [0, 0.05) is 51.8 Å². The average molecular weight is 400 g/mol. The zero-order chi connectivity index (χ0) is 19.9. The van der Waals surface area contributed by atoms with Crippen molar-refractivity contribution in [2.24, 2.45) is 14.1 Å². The molecule has 3 heterocycles. The average Bonchev–Trinajstić information content (AvgIpc) is 3.31. The van der Waals surface area contributed by atoms with Crippen molar-refractivity contribution in [2.75, 3.05) is 18.0 Å². The molecule has 4 rings (SSSR count). The molecule has 1 saturated heterocycles. The van der Waals surface area contributed by atoms with Crippen LogP contribution >= 0.6 is 11.6 Å². The summed E-state index contributed by atoms with van der Waals surface area (Å²) >= 11 is 6.56. The molecule has 0 radical (unpaired) electrons. The van der Waals surface area contributed by atoms with Gasteiger partial charge in [0.1, 0.15) is 12.4 Å². The van der Waals surface area contributed by atoms with E-state index in [1.54, 1.807) is 28.6 Å². The molecule has 2 aromatic heterocycles. The molecule has 1 aliphatic rings. The summed E-state index contributed by atoms with van der Waals surface area (Å²) in [6.45, 7) is 0.869. The molecule has 0 bridgehead atoms. The van der Waals surface area contributed by atoms with Crippen LogP contribution in [0.1, 0.15) is 24.2 Å². The van der Waals surface area contributed by atoms with Crippen molar-refractivity contribution in [1.82, 2.24) is 24.5 Å². The van der Waals surface area contributed by atoms with Crippen LogP contribution < -0.4 is 4.90 Å². The molecule has 7 nitrogen and oxygen atoms in total. The summed E-state index contributed by atoms with van der Waals surface area (Å²) in [6, 6.07) is 5.87. The normalized spacial score (nSPS) is 16.2. The molecule has 1 aromatic carbocycles. The second-order valence-electron chi connectivity index (χ2n) is 7.09. The molecular weight excluding hydrogens is 381 g/mol. The Labute approximate surface area is 167 Å². The predicted molar refractivity (Wildman–Crippen MR) is 104 cm³/mol. The van der Waals surface area contributed by atoms with Crippen LogP contribution in [-0.4, -0.2) is 37.6 Å². The third-order valence-corrected chi connectivity index (χ3v) is 5.49. The minimum absolute atomic E-state index is 0.255. The highest BCUT2D eigenvalue weighted by molar-refractivity contribution is 6.34. The number of halogens is 2. The van der Waals surface area contributed by atoms with Gasteiger partial charge in [0.15, 0.2) is 11.5 Å². The molecule has 0 amide bonds. The summed E-state index contributed by atoms with van der Waals surface area (Å²) in [4.78, 5) is 1.97. The second-order valence-corrected chi connectivity index (χ2v) is 7.49. The third kappa shape index (κ3) is 3.12. The molecule has 9 heteroatoms. The first-order valence-electron chi connectivity index (χ1n) is 8.92. The number of hydrogen-bond donors (Lipinski definition) is 0. The van der Waals surface area contributed by atoms with E-state index in [9.17, 15) is 5.26 Å². The monoisotopic (exact) mass is 399 g/mol. The number of piperidine rings is 1. The van der Waals surface area contributed by atoms with Crippen LogP contribution in [0, 0.1) is 11.3 Å². The fourth-order valence-corrected chi connectivity index (χ4v) is 4.08. The highest BCUT2D eigenvalue weighted by Crippen LogP contribution is 2.41. The Morgan fingerprint density at radius 1 is 1.21 bits per heavy atom. The topological polar surface area (TPSA) is 75.6 Å². The van der Waals surface area contributed by atoms with Crippen molar-refractivity contribution in [2.45, 2.75) is 18.5 Å². The maximum Gasteiger partial charge on any atom is 0.173 e. The van der Waals surface area contributed by atoms with Crippen molar-refractivity contribution in [1.29, 1.82) is 5.26 Å². The van der Waals surface area contributed by atoms with Gasteiger partial charge in [-0.05, 0) is 17.7 Å². The van der Waals surface area contributed by atoms with Gasteiger partial charge in [-0.3, -0.25) is 4.68 Å². The van der Waals surface area contributed by atoms with E-state index in [1.807, 2.05) is 24.2 Å². The second kappa shape index (κ2) is 6.91. The Morgan fingerprint density at radius 2 is 1.96 bits per heavy atom. The van der Waals surface area contributed by atoms with E-state index in [-0.39, 0.29) is 12.8 Å². The first kappa shape index (κ1) is 18.4. The Bertz CT molecular complexity index is 1060. The summed E-state index contributed by atoms with van der Waals surface area (Å²) in [5.41, 5.74) is 1.30. The van der Waals surface area contributed by atoms with Crippen molar-refractivity contribution in [3.05, 3.63) is 47.3 Å². The molecule has 0 atom stereocenters. The van der Waals surface area contributed by atoms with Crippen molar-refractivity contribution in [3.63, 3.8) is 0 Å². The molecular formula is C19H19ClFN7. The van der Waals surface area contributed by atoms with Crippen LogP contribution in [0.3, 0.4) is 0 Å². The molecule has 0 unspecified atom stereocenters. The standard InChI is InChI=1S/C19H19ClFN7/c1-26-12-23-25-18(26)19(21)3-5-28(6-4-19)17-14(9-22)7-13(8-16(17)20)15-10-24-27(2)11-15/h7-8,10-12H,3-6H2,1-2H3. The number of nitrogens with zero attached hydrogens (tertiary/aromatic N) is 7. The van der Waals surface area contributed by atoms with Crippen molar-refractivity contribution in [3.8, 4) is 17.2 Å². The summed E-state index contributed by atoms with van der Waals surface area (Å²) in [5.74, 6) is 0.339. The van der Waals surface area contributed by atoms with Gasteiger partial charge >= 0.3 is 0 Å². The Hall–Kier alpha value is -2.92. The molecule has 0 spiro atoms. The first-order valence-corrected chi connectivity index (χ1v) is 9.30. The quantitative estimate of drug-likeness (QED) is 0.676. The van der Waals surface area contributed by atoms with Crippen molar-refractivity contribution < 1.29 is 4.39 Å². The summed E-state index contributed by atoms with van der Waals surface area (Å²) in [7, 11) is 3.57. The number of rotatable bonds is 3. The van der Waals surface area contributed by atoms with Gasteiger partial charge in [-0.25, -0.2) is 4.39 Å². The molecule has 0 saturated carbocycles. The van der Waals surface area contributed by atoms with E-state index < -0.39 is 5.67 Å². The Balaban J connectivity index is 1.62. The highest BCUT2D eigenvalue weighted by Gasteiger charge is 2.40.